The van der Waals surface area contributed by atoms with Gasteiger partial charge in [0.15, 0.2) is 11.5 Å². The number of ether oxygens (including phenoxy) is 2. The largest absolute Gasteiger partial charge is 0.454 e. The zero-order valence-electron chi connectivity index (χ0n) is 11.1. The van der Waals surface area contributed by atoms with Crippen LogP contribution in [0.4, 0.5) is 0 Å². The highest BCUT2D eigenvalue weighted by Crippen LogP contribution is 2.40. The first kappa shape index (κ1) is 13.6. The summed E-state index contributed by atoms with van der Waals surface area (Å²) in [7, 11) is 0. The van der Waals surface area contributed by atoms with Crippen molar-refractivity contribution in [1.82, 2.24) is 0 Å². The second kappa shape index (κ2) is 4.89. The summed E-state index contributed by atoms with van der Waals surface area (Å²) in [5.41, 5.74) is 6.77. The van der Waals surface area contributed by atoms with Crippen molar-refractivity contribution in [1.29, 1.82) is 0 Å². The summed E-state index contributed by atoms with van der Waals surface area (Å²) in [6, 6.07) is 4.60. The van der Waals surface area contributed by atoms with Gasteiger partial charge in [0, 0.05) is 17.9 Å². The summed E-state index contributed by atoms with van der Waals surface area (Å²) in [6.45, 7) is 1.88. The minimum atomic E-state index is -1.07. The highest BCUT2D eigenvalue weighted by molar-refractivity contribution is 5.46. The van der Waals surface area contributed by atoms with Crippen molar-refractivity contribution in [3.63, 3.8) is 0 Å². The van der Waals surface area contributed by atoms with Crippen LogP contribution in [0.5, 0.6) is 11.5 Å². The lowest BCUT2D eigenvalue weighted by Crippen LogP contribution is -2.59. The van der Waals surface area contributed by atoms with Gasteiger partial charge in [-0.2, -0.15) is 0 Å². The van der Waals surface area contributed by atoms with E-state index in [-0.39, 0.29) is 6.79 Å². The van der Waals surface area contributed by atoms with Gasteiger partial charge in [0.05, 0.1) is 18.3 Å². The van der Waals surface area contributed by atoms with Crippen molar-refractivity contribution in [2.45, 2.75) is 37.2 Å². The van der Waals surface area contributed by atoms with Gasteiger partial charge in [-0.3, -0.25) is 0 Å². The topological polar surface area (TPSA) is 105 Å². The maximum Gasteiger partial charge on any atom is 0.231 e. The molecule has 6 nitrogen and oxygen atoms in total. The first-order valence-corrected chi connectivity index (χ1v) is 6.70. The van der Waals surface area contributed by atoms with E-state index in [1.165, 1.54) is 0 Å². The maximum atomic E-state index is 10.4. The Bertz CT molecular complexity index is 492. The van der Waals surface area contributed by atoms with E-state index in [1.54, 1.807) is 25.1 Å². The highest BCUT2D eigenvalue weighted by Gasteiger charge is 2.46. The average molecular weight is 281 g/mol. The molecule has 1 aromatic carbocycles. The first-order valence-electron chi connectivity index (χ1n) is 6.70. The lowest BCUT2D eigenvalue weighted by Gasteiger charge is -2.44. The molecular weight excluding hydrogens is 262 g/mol. The molecule has 0 aromatic heterocycles. The molecule has 6 heteroatoms. The van der Waals surface area contributed by atoms with Crippen LogP contribution >= 0.6 is 0 Å². The molecule has 0 bridgehead atoms. The Morgan fingerprint density at radius 1 is 1.05 bits per heavy atom. The predicted octanol–water partition coefficient (Wildman–Crippen LogP) is -0.441. The molecule has 1 aromatic rings. The molecule has 6 atom stereocenters. The molecule has 0 spiro atoms. The SMILES string of the molecule is C[C@@H]1C(O)C(O)[C@H](N)C(c2ccc3c(c2)OCO3)C1O. The van der Waals surface area contributed by atoms with Gasteiger partial charge in [-0.1, -0.05) is 13.0 Å². The molecule has 0 saturated heterocycles. The van der Waals surface area contributed by atoms with Crippen molar-refractivity contribution in [2.75, 3.05) is 6.79 Å². The summed E-state index contributed by atoms with van der Waals surface area (Å²) in [6.07, 6.45) is -2.92. The number of nitrogens with two attached hydrogens (primary N) is 1. The summed E-state index contributed by atoms with van der Waals surface area (Å²) >= 11 is 0. The minimum absolute atomic E-state index is 0.176. The summed E-state index contributed by atoms with van der Waals surface area (Å²) in [4.78, 5) is 0. The van der Waals surface area contributed by atoms with Gasteiger partial charge >= 0.3 is 0 Å². The number of aliphatic hydroxyl groups excluding tert-OH is 3. The van der Waals surface area contributed by atoms with Crippen molar-refractivity contribution < 1.29 is 24.8 Å². The number of hydrogen-bond acceptors (Lipinski definition) is 6. The molecular formula is C14H19NO5. The standard InChI is InChI=1S/C14H19NO5/c1-6-12(16)10(11(15)14(18)13(6)17)7-2-3-8-9(4-7)20-5-19-8/h2-4,6,10-14,16-18H,5,15H2,1H3/t6-,10?,11+,12?,13?,14?/m0/s1. The second-order valence-corrected chi connectivity index (χ2v) is 5.55. The molecule has 20 heavy (non-hydrogen) atoms. The van der Waals surface area contributed by atoms with E-state index in [9.17, 15) is 15.3 Å². The minimum Gasteiger partial charge on any atom is -0.454 e. The molecule has 2 aliphatic rings. The predicted molar refractivity (Wildman–Crippen MR) is 70.5 cm³/mol. The number of benzene rings is 1. The lowest BCUT2D eigenvalue weighted by molar-refractivity contribution is -0.108. The number of aliphatic hydroxyl groups is 3. The molecule has 1 aliphatic heterocycles. The fourth-order valence-electron chi connectivity index (χ4n) is 3.05. The van der Waals surface area contributed by atoms with Gasteiger partial charge in [-0.25, -0.2) is 0 Å². The molecule has 0 amide bonds. The van der Waals surface area contributed by atoms with E-state index in [1.807, 2.05) is 0 Å². The van der Waals surface area contributed by atoms with Gasteiger partial charge in [0.2, 0.25) is 6.79 Å². The lowest BCUT2D eigenvalue weighted by atomic mass is 9.70. The molecule has 110 valence electrons. The Morgan fingerprint density at radius 2 is 1.75 bits per heavy atom. The number of rotatable bonds is 1. The average Bonchev–Trinajstić information content (AvgIpc) is 2.91. The Morgan fingerprint density at radius 3 is 2.50 bits per heavy atom. The zero-order chi connectivity index (χ0) is 14.4. The van der Waals surface area contributed by atoms with Gasteiger partial charge in [-0.15, -0.1) is 0 Å². The van der Waals surface area contributed by atoms with Crippen LogP contribution in [0, 0.1) is 5.92 Å². The third-order valence-corrected chi connectivity index (χ3v) is 4.39. The quantitative estimate of drug-likeness (QED) is 0.556. The van der Waals surface area contributed by atoms with E-state index in [2.05, 4.69) is 0 Å². The summed E-state index contributed by atoms with van der Waals surface area (Å²) in [5, 5.41) is 30.3. The van der Waals surface area contributed by atoms with Crippen LogP contribution in [0.3, 0.4) is 0 Å². The summed E-state index contributed by atoms with van der Waals surface area (Å²) < 4.78 is 10.6. The fourth-order valence-corrected chi connectivity index (χ4v) is 3.05. The molecule has 4 unspecified atom stereocenters. The van der Waals surface area contributed by atoms with Gasteiger partial charge in [0.25, 0.3) is 0 Å². The van der Waals surface area contributed by atoms with E-state index >= 15 is 0 Å². The third kappa shape index (κ3) is 1.96. The fraction of sp³-hybridized carbons (Fsp3) is 0.571. The molecule has 5 N–H and O–H groups in total. The van der Waals surface area contributed by atoms with Gasteiger partial charge < -0.3 is 30.5 Å². The molecule has 1 heterocycles. The Labute approximate surface area is 116 Å². The van der Waals surface area contributed by atoms with E-state index in [4.69, 9.17) is 15.2 Å². The van der Waals surface area contributed by atoms with Crippen molar-refractivity contribution in [3.05, 3.63) is 23.8 Å². The molecule has 1 aliphatic carbocycles. The van der Waals surface area contributed by atoms with E-state index in [0.29, 0.717) is 11.5 Å². The normalized spacial score (nSPS) is 39.9. The Kier molecular flexibility index (Phi) is 3.33. The van der Waals surface area contributed by atoms with Crippen LogP contribution in [-0.4, -0.2) is 46.5 Å². The first-order chi connectivity index (χ1) is 9.50. The second-order valence-electron chi connectivity index (χ2n) is 5.55. The zero-order valence-corrected chi connectivity index (χ0v) is 11.1. The van der Waals surface area contributed by atoms with Crippen LogP contribution in [0.25, 0.3) is 0 Å². The number of hydrogen-bond donors (Lipinski definition) is 4. The van der Waals surface area contributed by atoms with E-state index in [0.717, 1.165) is 5.56 Å². The maximum absolute atomic E-state index is 10.4. The summed E-state index contributed by atoms with van der Waals surface area (Å²) in [5.74, 6) is 0.342. The van der Waals surface area contributed by atoms with Gasteiger partial charge in [0.1, 0.15) is 0 Å². The van der Waals surface area contributed by atoms with Crippen LogP contribution in [0.15, 0.2) is 18.2 Å². The molecule has 0 radical (unpaired) electrons. The molecule has 1 fully saturated rings. The molecule has 3 rings (SSSR count). The Hall–Kier alpha value is -1.34. The van der Waals surface area contributed by atoms with Crippen molar-refractivity contribution >= 4 is 0 Å². The van der Waals surface area contributed by atoms with Crippen LogP contribution < -0.4 is 15.2 Å². The number of fused-ring (bicyclic) bond motifs is 1. The highest BCUT2D eigenvalue weighted by atomic mass is 16.7. The van der Waals surface area contributed by atoms with Crippen LogP contribution in [0.1, 0.15) is 18.4 Å². The smallest absolute Gasteiger partial charge is 0.231 e. The monoisotopic (exact) mass is 281 g/mol. The van der Waals surface area contributed by atoms with Crippen molar-refractivity contribution in [3.8, 4) is 11.5 Å². The molecule has 1 saturated carbocycles. The van der Waals surface area contributed by atoms with Crippen LogP contribution in [-0.2, 0) is 0 Å². The van der Waals surface area contributed by atoms with Crippen molar-refractivity contribution in [2.24, 2.45) is 11.7 Å². The van der Waals surface area contributed by atoms with Crippen LogP contribution in [0.2, 0.25) is 0 Å². The van der Waals surface area contributed by atoms with E-state index < -0.39 is 36.2 Å². The third-order valence-electron chi connectivity index (χ3n) is 4.39. The van der Waals surface area contributed by atoms with Gasteiger partial charge in [-0.05, 0) is 17.7 Å². The Balaban J connectivity index is 1.95.